The van der Waals surface area contributed by atoms with Gasteiger partial charge in [0.05, 0.1) is 4.92 Å². The largest absolute Gasteiger partial charge is 0.478 e. The SMILES string of the molecule is Cn1ccc(Nc2ncc([N+](=O)[O-])cc2C(=O)O)n1. The van der Waals surface area contributed by atoms with Gasteiger partial charge in [-0.1, -0.05) is 0 Å². The molecule has 0 saturated carbocycles. The summed E-state index contributed by atoms with van der Waals surface area (Å²) in [7, 11) is 1.70. The third kappa shape index (κ3) is 2.65. The molecule has 0 aromatic carbocycles. The van der Waals surface area contributed by atoms with Crippen LogP contribution >= 0.6 is 0 Å². The number of aromatic carboxylic acids is 1. The van der Waals surface area contributed by atoms with Crippen LogP contribution in [0.3, 0.4) is 0 Å². The van der Waals surface area contributed by atoms with Crippen molar-refractivity contribution in [2.45, 2.75) is 0 Å². The zero-order chi connectivity index (χ0) is 14.0. The van der Waals surface area contributed by atoms with Gasteiger partial charge in [0.15, 0.2) is 5.82 Å². The van der Waals surface area contributed by atoms with E-state index >= 15 is 0 Å². The van der Waals surface area contributed by atoms with Crippen molar-refractivity contribution in [3.63, 3.8) is 0 Å². The van der Waals surface area contributed by atoms with Gasteiger partial charge in [0.1, 0.15) is 17.6 Å². The van der Waals surface area contributed by atoms with E-state index in [1.807, 2.05) is 0 Å². The molecule has 2 heterocycles. The lowest BCUT2D eigenvalue weighted by molar-refractivity contribution is -0.385. The molecule has 0 radical (unpaired) electrons. The van der Waals surface area contributed by atoms with Gasteiger partial charge in [-0.15, -0.1) is 0 Å². The maximum atomic E-state index is 11.1. The molecule has 19 heavy (non-hydrogen) atoms. The van der Waals surface area contributed by atoms with Gasteiger partial charge in [-0.05, 0) is 0 Å². The number of carboxylic acids is 1. The van der Waals surface area contributed by atoms with Crippen molar-refractivity contribution in [2.24, 2.45) is 7.05 Å². The highest BCUT2D eigenvalue weighted by Crippen LogP contribution is 2.21. The predicted octanol–water partition coefficient (Wildman–Crippen LogP) is 1.17. The molecule has 0 saturated heterocycles. The second-order valence-electron chi connectivity index (χ2n) is 3.65. The first kappa shape index (κ1) is 12.5. The predicted molar refractivity (Wildman–Crippen MR) is 64.3 cm³/mol. The van der Waals surface area contributed by atoms with Gasteiger partial charge in [0, 0.05) is 25.4 Å². The van der Waals surface area contributed by atoms with Crippen LogP contribution in [-0.4, -0.2) is 30.8 Å². The van der Waals surface area contributed by atoms with E-state index in [4.69, 9.17) is 5.11 Å². The summed E-state index contributed by atoms with van der Waals surface area (Å²) in [5, 5.41) is 26.3. The Bertz CT molecular complexity index is 651. The molecule has 0 aliphatic heterocycles. The average Bonchev–Trinajstić information content (AvgIpc) is 2.74. The van der Waals surface area contributed by atoms with E-state index in [2.05, 4.69) is 15.4 Å². The van der Waals surface area contributed by atoms with Crippen molar-refractivity contribution in [1.82, 2.24) is 14.8 Å². The van der Waals surface area contributed by atoms with Crippen LogP contribution in [0.5, 0.6) is 0 Å². The lowest BCUT2D eigenvalue weighted by atomic mass is 10.2. The zero-order valence-electron chi connectivity index (χ0n) is 9.77. The number of aromatic nitrogens is 3. The highest BCUT2D eigenvalue weighted by Gasteiger charge is 2.18. The molecule has 0 unspecified atom stereocenters. The number of nitro groups is 1. The lowest BCUT2D eigenvalue weighted by Crippen LogP contribution is -2.06. The highest BCUT2D eigenvalue weighted by molar-refractivity contribution is 5.94. The van der Waals surface area contributed by atoms with Crippen LogP contribution < -0.4 is 5.32 Å². The molecule has 0 aliphatic carbocycles. The van der Waals surface area contributed by atoms with Gasteiger partial charge >= 0.3 is 5.97 Å². The van der Waals surface area contributed by atoms with Gasteiger partial charge in [-0.25, -0.2) is 9.78 Å². The van der Waals surface area contributed by atoms with Crippen molar-refractivity contribution >= 4 is 23.3 Å². The Kier molecular flexibility index (Phi) is 3.10. The standard InChI is InChI=1S/C10H9N5O4/c1-14-3-2-8(13-14)12-9-7(10(16)17)4-6(5-11-9)15(18)19/h2-5H,1H3,(H,16,17)(H,11,12,13). The topological polar surface area (TPSA) is 123 Å². The molecule has 2 aromatic rings. The van der Waals surface area contributed by atoms with Crippen molar-refractivity contribution < 1.29 is 14.8 Å². The summed E-state index contributed by atoms with van der Waals surface area (Å²) >= 11 is 0. The van der Waals surface area contributed by atoms with E-state index < -0.39 is 10.9 Å². The number of nitrogens with zero attached hydrogens (tertiary/aromatic N) is 4. The summed E-state index contributed by atoms with van der Waals surface area (Å²) in [6.45, 7) is 0. The molecular formula is C10H9N5O4. The Labute approximate surface area is 106 Å². The van der Waals surface area contributed by atoms with Crippen molar-refractivity contribution in [3.8, 4) is 0 Å². The van der Waals surface area contributed by atoms with Crippen molar-refractivity contribution in [2.75, 3.05) is 5.32 Å². The number of hydrogen-bond acceptors (Lipinski definition) is 6. The summed E-state index contributed by atoms with van der Waals surface area (Å²) in [6, 6.07) is 2.56. The molecule has 0 spiro atoms. The fraction of sp³-hybridized carbons (Fsp3) is 0.100. The van der Waals surface area contributed by atoms with Crippen LogP contribution in [-0.2, 0) is 7.05 Å². The molecular weight excluding hydrogens is 254 g/mol. The van der Waals surface area contributed by atoms with E-state index in [1.165, 1.54) is 4.68 Å². The molecule has 2 N–H and O–H groups in total. The smallest absolute Gasteiger partial charge is 0.339 e. The molecule has 2 rings (SSSR count). The maximum absolute atomic E-state index is 11.1. The second kappa shape index (κ2) is 4.72. The molecule has 98 valence electrons. The van der Waals surface area contributed by atoms with Gasteiger partial charge < -0.3 is 10.4 Å². The minimum Gasteiger partial charge on any atom is -0.478 e. The zero-order valence-corrected chi connectivity index (χ0v) is 9.77. The number of carboxylic acid groups (broad SMARTS) is 1. The molecule has 2 aromatic heterocycles. The van der Waals surface area contributed by atoms with E-state index in [1.54, 1.807) is 19.3 Å². The Hall–Kier alpha value is -2.97. The lowest BCUT2D eigenvalue weighted by Gasteiger charge is -2.05. The Balaban J connectivity index is 2.39. The van der Waals surface area contributed by atoms with Crippen LogP contribution in [0.2, 0.25) is 0 Å². The highest BCUT2D eigenvalue weighted by atomic mass is 16.6. The van der Waals surface area contributed by atoms with Crippen LogP contribution in [0.1, 0.15) is 10.4 Å². The first-order valence-corrected chi connectivity index (χ1v) is 5.12. The Morgan fingerprint density at radius 2 is 2.32 bits per heavy atom. The number of pyridine rings is 1. The molecule has 0 bridgehead atoms. The Morgan fingerprint density at radius 1 is 1.58 bits per heavy atom. The monoisotopic (exact) mass is 263 g/mol. The number of aryl methyl sites for hydroxylation is 1. The van der Waals surface area contributed by atoms with Crippen molar-refractivity contribution in [3.05, 3.63) is 40.2 Å². The first-order chi connectivity index (χ1) is 8.97. The number of anilines is 2. The molecule has 0 amide bonds. The fourth-order valence-corrected chi connectivity index (χ4v) is 1.42. The third-order valence-electron chi connectivity index (χ3n) is 2.27. The minimum atomic E-state index is -1.31. The van der Waals surface area contributed by atoms with Gasteiger partial charge in [0.2, 0.25) is 0 Å². The quantitative estimate of drug-likeness (QED) is 0.626. The third-order valence-corrected chi connectivity index (χ3v) is 2.27. The number of rotatable bonds is 4. The first-order valence-electron chi connectivity index (χ1n) is 5.12. The van der Waals surface area contributed by atoms with Gasteiger partial charge in [-0.3, -0.25) is 14.8 Å². The van der Waals surface area contributed by atoms with E-state index in [0.717, 1.165) is 12.3 Å². The normalized spacial score (nSPS) is 10.2. The van der Waals surface area contributed by atoms with Crippen LogP contribution in [0.25, 0.3) is 0 Å². The minimum absolute atomic E-state index is 0.00296. The molecule has 9 nitrogen and oxygen atoms in total. The van der Waals surface area contributed by atoms with Crippen LogP contribution in [0, 0.1) is 10.1 Å². The average molecular weight is 263 g/mol. The Morgan fingerprint density at radius 3 is 2.84 bits per heavy atom. The number of hydrogen-bond donors (Lipinski definition) is 2. The number of nitrogens with one attached hydrogen (secondary N) is 1. The summed E-state index contributed by atoms with van der Waals surface area (Å²) in [5.41, 5.74) is -0.677. The molecule has 0 atom stereocenters. The second-order valence-corrected chi connectivity index (χ2v) is 3.65. The van der Waals surface area contributed by atoms with Gasteiger partial charge in [-0.2, -0.15) is 5.10 Å². The van der Waals surface area contributed by atoms with E-state index in [9.17, 15) is 14.9 Å². The molecule has 0 fully saturated rings. The van der Waals surface area contributed by atoms with Gasteiger partial charge in [0.25, 0.3) is 5.69 Å². The summed E-state index contributed by atoms with van der Waals surface area (Å²) in [4.78, 5) is 24.7. The summed E-state index contributed by atoms with van der Waals surface area (Å²) in [5.74, 6) is -0.919. The fourth-order valence-electron chi connectivity index (χ4n) is 1.42. The van der Waals surface area contributed by atoms with Crippen LogP contribution in [0.15, 0.2) is 24.5 Å². The number of carbonyl (C=O) groups is 1. The summed E-state index contributed by atoms with van der Waals surface area (Å²) < 4.78 is 1.52. The van der Waals surface area contributed by atoms with Crippen LogP contribution in [0.4, 0.5) is 17.3 Å². The van der Waals surface area contributed by atoms with E-state index in [-0.39, 0.29) is 17.1 Å². The molecule has 9 heteroatoms. The van der Waals surface area contributed by atoms with Crippen molar-refractivity contribution in [1.29, 1.82) is 0 Å². The summed E-state index contributed by atoms with van der Waals surface area (Å²) in [6.07, 6.45) is 2.64. The maximum Gasteiger partial charge on any atom is 0.339 e. The molecule has 0 aliphatic rings. The van der Waals surface area contributed by atoms with E-state index in [0.29, 0.717) is 5.82 Å².